The van der Waals surface area contributed by atoms with Gasteiger partial charge in [-0.3, -0.25) is 9.59 Å². The van der Waals surface area contributed by atoms with Gasteiger partial charge in [-0.15, -0.1) is 0 Å². The van der Waals surface area contributed by atoms with Gasteiger partial charge in [0.25, 0.3) is 0 Å². The number of carbonyl (C=O) groups is 2. The van der Waals surface area contributed by atoms with E-state index in [9.17, 15) is 14.0 Å². The predicted molar refractivity (Wildman–Crippen MR) is 135 cm³/mol. The molecule has 0 aliphatic heterocycles. The van der Waals surface area contributed by atoms with Gasteiger partial charge in [0.05, 0.1) is 30.5 Å². The van der Waals surface area contributed by atoms with Crippen LogP contribution >= 0.6 is 0 Å². The molecule has 1 aliphatic carbocycles. The molecule has 0 N–H and O–H groups in total. The average molecular weight is 519 g/mol. The van der Waals surface area contributed by atoms with E-state index in [4.69, 9.17) is 14.2 Å². The summed E-state index contributed by atoms with van der Waals surface area (Å²) in [6, 6.07) is 13.2. The van der Waals surface area contributed by atoms with Gasteiger partial charge in [-0.2, -0.15) is 0 Å². The van der Waals surface area contributed by atoms with E-state index in [2.05, 4.69) is 9.97 Å². The summed E-state index contributed by atoms with van der Waals surface area (Å²) in [6.07, 6.45) is 2.19. The fourth-order valence-electron chi connectivity index (χ4n) is 4.43. The number of hydrogen-bond acceptors (Lipinski definition) is 7. The Morgan fingerprint density at radius 3 is 2.08 bits per heavy atom. The third-order valence-electron chi connectivity index (χ3n) is 6.77. The normalized spacial score (nSPS) is 13.7. The summed E-state index contributed by atoms with van der Waals surface area (Å²) in [5.74, 6) is -0.540. The lowest BCUT2D eigenvalue weighted by molar-refractivity contribution is -0.133. The molecule has 194 valence electrons. The highest BCUT2D eigenvalue weighted by Gasteiger charge is 2.54. The monoisotopic (exact) mass is 518 g/mol. The Bertz CT molecular complexity index is 1530. The van der Waals surface area contributed by atoms with Crippen LogP contribution in [0.5, 0.6) is 23.1 Å². The van der Waals surface area contributed by atoms with E-state index in [-0.39, 0.29) is 41.9 Å². The van der Waals surface area contributed by atoms with Crippen molar-refractivity contribution in [2.24, 2.45) is 5.41 Å². The number of fused-ring (bicyclic) bond motifs is 1. The lowest BCUT2D eigenvalue weighted by Gasteiger charge is -2.14. The molecule has 1 heterocycles. The SMILES string of the molecule is COc1cc2ncnc(Oc3ccc(CC(=O)C4(C(=O)Cc5ccc(F)cc5)CC4)cc3F)c2cc1OC. The molecule has 1 aliphatic rings. The Hall–Kier alpha value is -4.40. The van der Waals surface area contributed by atoms with Crippen molar-refractivity contribution in [2.75, 3.05) is 14.2 Å². The average Bonchev–Trinajstić information content (AvgIpc) is 3.73. The summed E-state index contributed by atoms with van der Waals surface area (Å²) in [7, 11) is 3.01. The predicted octanol–water partition coefficient (Wildman–Crippen LogP) is 5.42. The van der Waals surface area contributed by atoms with Crippen molar-refractivity contribution in [3.05, 3.63) is 83.7 Å². The number of benzene rings is 3. The van der Waals surface area contributed by atoms with E-state index in [0.29, 0.717) is 46.4 Å². The second kappa shape index (κ2) is 10.2. The molecule has 38 heavy (non-hydrogen) atoms. The van der Waals surface area contributed by atoms with E-state index >= 15 is 4.39 Å². The third kappa shape index (κ3) is 4.91. The van der Waals surface area contributed by atoms with Gasteiger partial charge in [0.1, 0.15) is 12.1 Å². The van der Waals surface area contributed by atoms with Gasteiger partial charge in [-0.05, 0) is 54.3 Å². The van der Waals surface area contributed by atoms with Crippen LogP contribution in [0, 0.1) is 17.0 Å². The maximum atomic E-state index is 15.0. The van der Waals surface area contributed by atoms with Crippen LogP contribution in [0.4, 0.5) is 8.78 Å². The second-order valence-corrected chi connectivity index (χ2v) is 9.18. The maximum absolute atomic E-state index is 15.0. The number of hydrogen-bond donors (Lipinski definition) is 0. The topological polar surface area (TPSA) is 87.6 Å². The number of Topliss-reactive ketones (excluding diaryl/α,β-unsaturated/α-hetero) is 2. The van der Waals surface area contributed by atoms with Gasteiger partial charge < -0.3 is 14.2 Å². The number of carbonyl (C=O) groups excluding carboxylic acids is 2. The molecule has 7 nitrogen and oxygen atoms in total. The molecule has 0 bridgehead atoms. The zero-order valence-corrected chi connectivity index (χ0v) is 20.8. The number of nitrogens with zero attached hydrogens (tertiary/aromatic N) is 2. The fourth-order valence-corrected chi connectivity index (χ4v) is 4.43. The Labute approximate surface area is 217 Å². The molecular weight excluding hydrogens is 494 g/mol. The number of halogens is 2. The van der Waals surface area contributed by atoms with E-state index in [1.54, 1.807) is 18.2 Å². The van der Waals surface area contributed by atoms with Crippen molar-refractivity contribution in [3.8, 4) is 23.1 Å². The molecule has 5 rings (SSSR count). The molecule has 0 radical (unpaired) electrons. The van der Waals surface area contributed by atoms with E-state index in [1.165, 1.54) is 56.9 Å². The number of aromatic nitrogens is 2. The molecule has 0 saturated heterocycles. The first kappa shape index (κ1) is 25.3. The van der Waals surface area contributed by atoms with Crippen LogP contribution < -0.4 is 14.2 Å². The van der Waals surface area contributed by atoms with Crippen molar-refractivity contribution >= 4 is 22.5 Å². The van der Waals surface area contributed by atoms with Crippen molar-refractivity contribution in [1.82, 2.24) is 9.97 Å². The third-order valence-corrected chi connectivity index (χ3v) is 6.77. The first-order valence-corrected chi connectivity index (χ1v) is 12.0. The number of ketones is 2. The summed E-state index contributed by atoms with van der Waals surface area (Å²) in [6.45, 7) is 0. The first-order chi connectivity index (χ1) is 18.3. The number of rotatable bonds is 10. The molecule has 1 fully saturated rings. The molecule has 3 aromatic carbocycles. The van der Waals surface area contributed by atoms with Gasteiger partial charge in [0, 0.05) is 18.9 Å². The van der Waals surface area contributed by atoms with E-state index in [0.717, 1.165) is 0 Å². The summed E-state index contributed by atoms with van der Waals surface area (Å²) < 4.78 is 44.6. The molecule has 1 aromatic heterocycles. The summed E-state index contributed by atoms with van der Waals surface area (Å²) in [4.78, 5) is 34.3. The summed E-state index contributed by atoms with van der Waals surface area (Å²) in [5, 5.41) is 0.499. The molecule has 0 atom stereocenters. The maximum Gasteiger partial charge on any atom is 0.230 e. The minimum atomic E-state index is -1.06. The highest BCUT2D eigenvalue weighted by molar-refractivity contribution is 6.10. The molecule has 0 amide bonds. The molecule has 1 saturated carbocycles. The lowest BCUT2D eigenvalue weighted by atomic mass is 9.88. The van der Waals surface area contributed by atoms with Crippen LogP contribution in [-0.4, -0.2) is 35.8 Å². The Morgan fingerprint density at radius 1 is 0.816 bits per heavy atom. The van der Waals surface area contributed by atoms with Gasteiger partial charge >= 0.3 is 0 Å². The quantitative estimate of drug-likeness (QED) is 0.259. The highest BCUT2D eigenvalue weighted by atomic mass is 19.1. The first-order valence-electron chi connectivity index (χ1n) is 12.0. The number of ether oxygens (including phenoxy) is 3. The molecule has 9 heteroatoms. The summed E-state index contributed by atoms with van der Waals surface area (Å²) in [5.41, 5.74) is 0.548. The van der Waals surface area contributed by atoms with Gasteiger partial charge in [0.15, 0.2) is 34.6 Å². The smallest absolute Gasteiger partial charge is 0.230 e. The van der Waals surface area contributed by atoms with Crippen LogP contribution in [0.1, 0.15) is 24.0 Å². The van der Waals surface area contributed by atoms with Crippen molar-refractivity contribution < 1.29 is 32.6 Å². The van der Waals surface area contributed by atoms with Crippen LogP contribution in [-0.2, 0) is 22.4 Å². The van der Waals surface area contributed by atoms with Crippen molar-refractivity contribution in [1.29, 1.82) is 0 Å². The van der Waals surface area contributed by atoms with Crippen molar-refractivity contribution in [3.63, 3.8) is 0 Å². The van der Waals surface area contributed by atoms with Crippen LogP contribution in [0.3, 0.4) is 0 Å². The minimum absolute atomic E-state index is 0.0523. The molecule has 0 unspecified atom stereocenters. The van der Waals surface area contributed by atoms with Gasteiger partial charge in [0.2, 0.25) is 5.88 Å². The van der Waals surface area contributed by atoms with Crippen LogP contribution in [0.2, 0.25) is 0 Å². The Balaban J connectivity index is 1.31. The van der Waals surface area contributed by atoms with Gasteiger partial charge in [-0.1, -0.05) is 18.2 Å². The second-order valence-electron chi connectivity index (χ2n) is 9.18. The largest absolute Gasteiger partial charge is 0.493 e. The molecule has 0 spiro atoms. The van der Waals surface area contributed by atoms with E-state index in [1.807, 2.05) is 0 Å². The Kier molecular flexibility index (Phi) is 6.75. The van der Waals surface area contributed by atoms with Crippen LogP contribution in [0.25, 0.3) is 10.9 Å². The van der Waals surface area contributed by atoms with Crippen LogP contribution in [0.15, 0.2) is 60.9 Å². The molecule has 4 aromatic rings. The van der Waals surface area contributed by atoms with Crippen molar-refractivity contribution in [2.45, 2.75) is 25.7 Å². The highest BCUT2D eigenvalue weighted by Crippen LogP contribution is 2.49. The zero-order valence-electron chi connectivity index (χ0n) is 20.8. The zero-order chi connectivity index (χ0) is 26.9. The van der Waals surface area contributed by atoms with E-state index < -0.39 is 11.2 Å². The van der Waals surface area contributed by atoms with Gasteiger partial charge in [-0.25, -0.2) is 18.7 Å². The Morgan fingerprint density at radius 2 is 1.45 bits per heavy atom. The molecular formula is C29H24F2N2O5. The standard InChI is InChI=1S/C29H24F2N2O5/c1-36-24-14-20-22(15-25(24)37-2)32-16-33-28(20)38-23-8-5-18(11-21(23)31)13-27(35)29(9-10-29)26(34)12-17-3-6-19(30)7-4-17/h3-8,11,14-16H,9-10,12-13H2,1-2H3. The summed E-state index contributed by atoms with van der Waals surface area (Å²) >= 11 is 0. The lowest BCUT2D eigenvalue weighted by Crippen LogP contribution is -2.28. The number of methoxy groups -OCH3 is 2. The fraction of sp³-hybridized carbons (Fsp3) is 0.241. The minimum Gasteiger partial charge on any atom is -0.493 e.